The molecular weight excluding hydrogens is 148 g/mol. The van der Waals surface area contributed by atoms with Gasteiger partial charge in [-0.2, -0.15) is 0 Å². The van der Waals surface area contributed by atoms with E-state index in [1.165, 1.54) is 5.88 Å². The van der Waals surface area contributed by atoms with Crippen molar-refractivity contribution in [3.8, 4) is 0 Å². The minimum atomic E-state index is 0.0680. The predicted octanol–water partition coefficient (Wildman–Crippen LogP) is 1.93. The van der Waals surface area contributed by atoms with Gasteiger partial charge in [0, 0.05) is 0 Å². The Balaban J connectivity index is 2.87. The maximum absolute atomic E-state index is 8.70. The van der Waals surface area contributed by atoms with Gasteiger partial charge in [-0.05, 0) is 11.1 Å². The Bertz CT molecular complexity index is 191. The molecule has 0 fully saturated rings. The zero-order valence-electron chi connectivity index (χ0n) is 5.42. The summed E-state index contributed by atoms with van der Waals surface area (Å²) in [7, 11) is 0. The van der Waals surface area contributed by atoms with E-state index < -0.39 is 0 Å². The van der Waals surface area contributed by atoms with E-state index >= 15 is 0 Å². The van der Waals surface area contributed by atoms with Crippen LogP contribution in [0.15, 0.2) is 24.3 Å². The van der Waals surface area contributed by atoms with Crippen molar-refractivity contribution in [2.24, 2.45) is 0 Å². The average Bonchev–Trinajstić information content (AvgIpc) is 2.05. The summed E-state index contributed by atoms with van der Waals surface area (Å²) in [6.45, 7) is 0.0680. The minimum absolute atomic E-state index is 0.0680. The lowest BCUT2D eigenvalue weighted by molar-refractivity contribution is 0.282. The van der Waals surface area contributed by atoms with E-state index in [1.807, 2.05) is 24.3 Å². The normalized spacial score (nSPS) is 9.80. The van der Waals surface area contributed by atoms with Crippen LogP contribution < -0.4 is 0 Å². The summed E-state index contributed by atoms with van der Waals surface area (Å²) in [5.41, 5.74) is 1.81. The van der Waals surface area contributed by atoms with Crippen LogP contribution in [-0.2, 0) is 6.61 Å². The maximum atomic E-state index is 8.70. The van der Waals surface area contributed by atoms with Crippen molar-refractivity contribution < 1.29 is 5.11 Å². The molecule has 1 radical (unpaired) electrons. The quantitative estimate of drug-likeness (QED) is 0.692. The second-order valence-corrected chi connectivity index (χ2v) is 2.23. The van der Waals surface area contributed by atoms with Crippen molar-refractivity contribution in [1.82, 2.24) is 0 Å². The summed E-state index contributed by atoms with van der Waals surface area (Å²) in [6.07, 6.45) is 0. The second kappa shape index (κ2) is 3.59. The van der Waals surface area contributed by atoms with Crippen LogP contribution in [0.3, 0.4) is 0 Å². The van der Waals surface area contributed by atoms with Gasteiger partial charge >= 0.3 is 0 Å². The number of aliphatic hydroxyl groups excluding tert-OH is 1. The van der Waals surface area contributed by atoms with Gasteiger partial charge in [-0.25, -0.2) is 0 Å². The lowest BCUT2D eigenvalue weighted by Gasteiger charge is -1.96. The fourth-order valence-electron chi connectivity index (χ4n) is 0.759. The van der Waals surface area contributed by atoms with E-state index in [4.69, 9.17) is 16.7 Å². The fourth-order valence-corrected chi connectivity index (χ4v) is 0.895. The van der Waals surface area contributed by atoms with Crippen LogP contribution in [-0.4, -0.2) is 5.11 Å². The van der Waals surface area contributed by atoms with Crippen LogP contribution in [0.5, 0.6) is 0 Å². The smallest absolute Gasteiger partial charge is 0.0790 e. The van der Waals surface area contributed by atoms with Gasteiger partial charge in [0.25, 0.3) is 0 Å². The Morgan fingerprint density at radius 3 is 2.90 bits per heavy atom. The van der Waals surface area contributed by atoms with Gasteiger partial charge < -0.3 is 5.11 Å². The third-order valence-corrected chi connectivity index (χ3v) is 1.51. The number of benzene rings is 1. The highest BCUT2D eigenvalue weighted by molar-refractivity contribution is 6.25. The Morgan fingerprint density at radius 1 is 1.50 bits per heavy atom. The highest BCUT2D eigenvalue weighted by Crippen LogP contribution is 2.08. The van der Waals surface area contributed by atoms with Crippen molar-refractivity contribution in [3.63, 3.8) is 0 Å². The van der Waals surface area contributed by atoms with Crippen LogP contribution in [0.2, 0.25) is 0 Å². The van der Waals surface area contributed by atoms with Crippen molar-refractivity contribution in [1.29, 1.82) is 0 Å². The van der Waals surface area contributed by atoms with Crippen molar-refractivity contribution in [3.05, 3.63) is 41.3 Å². The molecule has 0 saturated carbocycles. The van der Waals surface area contributed by atoms with Crippen molar-refractivity contribution >= 4 is 11.6 Å². The second-order valence-electron chi connectivity index (χ2n) is 2.01. The SMILES string of the molecule is OCc1cccc([CH]Cl)c1. The molecule has 1 aromatic rings. The molecule has 0 bridgehead atoms. The van der Waals surface area contributed by atoms with Gasteiger partial charge in [-0.15, -0.1) is 11.6 Å². The van der Waals surface area contributed by atoms with E-state index in [2.05, 4.69) is 0 Å². The van der Waals surface area contributed by atoms with Crippen LogP contribution in [0.25, 0.3) is 0 Å². The molecule has 0 unspecified atom stereocenters. The van der Waals surface area contributed by atoms with E-state index in [1.54, 1.807) is 0 Å². The predicted molar refractivity (Wildman–Crippen MR) is 41.6 cm³/mol. The molecule has 1 nitrogen and oxygen atoms in total. The molecule has 0 spiro atoms. The summed E-state index contributed by atoms with van der Waals surface area (Å²) in [4.78, 5) is 0. The number of aliphatic hydroxyl groups is 1. The molecule has 1 N–H and O–H groups in total. The molecule has 1 aromatic carbocycles. The average molecular weight is 156 g/mol. The summed E-state index contributed by atoms with van der Waals surface area (Å²) < 4.78 is 0. The molecule has 0 heterocycles. The third-order valence-electron chi connectivity index (χ3n) is 1.26. The molecule has 0 aromatic heterocycles. The molecule has 2 heteroatoms. The molecule has 0 amide bonds. The number of rotatable bonds is 2. The van der Waals surface area contributed by atoms with Gasteiger partial charge in [-0.1, -0.05) is 24.3 Å². The Morgan fingerprint density at radius 2 is 2.30 bits per heavy atom. The molecular formula is C8H8ClO. The third kappa shape index (κ3) is 1.72. The molecule has 0 aliphatic heterocycles. The summed E-state index contributed by atoms with van der Waals surface area (Å²) >= 11 is 5.45. The van der Waals surface area contributed by atoms with Gasteiger partial charge in [0.1, 0.15) is 0 Å². The van der Waals surface area contributed by atoms with Crippen LogP contribution in [0, 0.1) is 5.88 Å². The van der Waals surface area contributed by atoms with Gasteiger partial charge in [0.05, 0.1) is 12.5 Å². The Labute approximate surface area is 65.3 Å². The standard InChI is InChI=1S/C8H8ClO/c9-5-7-2-1-3-8(4-7)6-10/h1-5,10H,6H2. The maximum Gasteiger partial charge on any atom is 0.0790 e. The molecule has 0 saturated heterocycles. The topological polar surface area (TPSA) is 20.2 Å². The van der Waals surface area contributed by atoms with Gasteiger partial charge in [0.2, 0.25) is 0 Å². The lowest BCUT2D eigenvalue weighted by Crippen LogP contribution is -1.83. The summed E-state index contributed by atoms with van der Waals surface area (Å²) in [5, 5.41) is 8.70. The summed E-state index contributed by atoms with van der Waals surface area (Å²) in [5.74, 6) is 1.49. The highest BCUT2D eigenvalue weighted by atomic mass is 35.5. The van der Waals surface area contributed by atoms with Crippen molar-refractivity contribution in [2.75, 3.05) is 0 Å². The number of hydrogen-bond donors (Lipinski definition) is 1. The van der Waals surface area contributed by atoms with Crippen molar-refractivity contribution in [2.45, 2.75) is 6.61 Å². The van der Waals surface area contributed by atoms with Crippen LogP contribution in [0.1, 0.15) is 11.1 Å². The first kappa shape index (κ1) is 7.58. The number of halogens is 1. The fraction of sp³-hybridized carbons (Fsp3) is 0.125. The first-order valence-corrected chi connectivity index (χ1v) is 3.43. The Hall–Kier alpha value is -0.530. The van der Waals surface area contributed by atoms with E-state index in [9.17, 15) is 0 Å². The largest absolute Gasteiger partial charge is 0.392 e. The molecule has 0 atom stereocenters. The molecule has 0 aliphatic carbocycles. The molecule has 1 rings (SSSR count). The minimum Gasteiger partial charge on any atom is -0.392 e. The first-order valence-electron chi connectivity index (χ1n) is 3.00. The lowest BCUT2D eigenvalue weighted by atomic mass is 10.1. The van der Waals surface area contributed by atoms with Crippen LogP contribution >= 0.6 is 11.6 Å². The van der Waals surface area contributed by atoms with E-state index in [0.717, 1.165) is 11.1 Å². The number of hydrogen-bond acceptors (Lipinski definition) is 1. The zero-order valence-corrected chi connectivity index (χ0v) is 6.17. The van der Waals surface area contributed by atoms with Crippen LogP contribution in [0.4, 0.5) is 0 Å². The molecule has 0 aliphatic rings. The monoisotopic (exact) mass is 155 g/mol. The zero-order chi connectivity index (χ0) is 7.40. The molecule has 10 heavy (non-hydrogen) atoms. The van der Waals surface area contributed by atoms with E-state index in [0.29, 0.717) is 0 Å². The first-order chi connectivity index (χ1) is 4.86. The Kier molecular flexibility index (Phi) is 2.72. The van der Waals surface area contributed by atoms with Gasteiger partial charge in [0.15, 0.2) is 0 Å². The molecule has 53 valence electrons. The van der Waals surface area contributed by atoms with Gasteiger partial charge in [-0.3, -0.25) is 0 Å². The highest BCUT2D eigenvalue weighted by Gasteiger charge is 1.91. The summed E-state index contributed by atoms with van der Waals surface area (Å²) in [6, 6.07) is 7.43. The van der Waals surface area contributed by atoms with E-state index in [-0.39, 0.29) is 6.61 Å².